The molecule has 0 aliphatic heterocycles. The number of nitrogens with one attached hydrogen (secondary N) is 1. The Morgan fingerprint density at radius 3 is 2.30 bits per heavy atom. The smallest absolute Gasteiger partial charge is 0.368 e. The Labute approximate surface area is 189 Å². The molecular formula is C23H25F3N6O. The number of carbonyl (C=O) groups excluding carboxylic acids is 1. The van der Waals surface area contributed by atoms with Gasteiger partial charge in [-0.2, -0.15) is 18.2 Å². The maximum absolute atomic E-state index is 13.5. The van der Waals surface area contributed by atoms with Crippen molar-refractivity contribution in [1.82, 2.24) is 19.9 Å². The molecule has 10 heteroatoms. The molecule has 0 aliphatic carbocycles. The zero-order valence-corrected chi connectivity index (χ0v) is 18.6. The zero-order chi connectivity index (χ0) is 24.2. The number of aromatic nitrogens is 3. The fourth-order valence-corrected chi connectivity index (χ4v) is 3.49. The topological polar surface area (TPSA) is 97.0 Å². The fourth-order valence-electron chi connectivity index (χ4n) is 3.49. The predicted molar refractivity (Wildman–Crippen MR) is 121 cm³/mol. The fraction of sp³-hybridized carbons (Fsp3) is 0.304. The first-order valence-electron chi connectivity index (χ1n) is 10.4. The van der Waals surface area contributed by atoms with Crippen molar-refractivity contribution in [1.29, 1.82) is 0 Å². The molecule has 0 bridgehead atoms. The minimum Gasteiger partial charge on any atom is -0.368 e. The van der Waals surface area contributed by atoms with Crippen LogP contribution in [0.2, 0.25) is 0 Å². The van der Waals surface area contributed by atoms with E-state index in [0.717, 1.165) is 6.07 Å². The van der Waals surface area contributed by atoms with Crippen LogP contribution < -0.4 is 11.1 Å². The van der Waals surface area contributed by atoms with Crippen LogP contribution in [0.4, 0.5) is 24.9 Å². The van der Waals surface area contributed by atoms with Gasteiger partial charge in [0.1, 0.15) is 11.5 Å². The largest absolute Gasteiger partial charge is 0.433 e. The first-order valence-corrected chi connectivity index (χ1v) is 10.4. The molecule has 2 heterocycles. The number of hydrogen-bond acceptors (Lipinski definition) is 6. The van der Waals surface area contributed by atoms with Crippen LogP contribution in [0.1, 0.15) is 25.2 Å². The van der Waals surface area contributed by atoms with Crippen LogP contribution in [0.5, 0.6) is 0 Å². The third-order valence-electron chi connectivity index (χ3n) is 5.03. The summed E-state index contributed by atoms with van der Waals surface area (Å²) >= 11 is 0. The van der Waals surface area contributed by atoms with Crippen molar-refractivity contribution in [2.24, 2.45) is 0 Å². The number of rotatable bonds is 7. The van der Waals surface area contributed by atoms with Gasteiger partial charge < -0.3 is 16.0 Å². The number of likely N-dealkylation sites (N-methyl/N-ethyl adjacent to an activating group) is 1. The molecule has 7 nitrogen and oxygen atoms in total. The number of halogens is 3. The molecule has 0 spiro atoms. The summed E-state index contributed by atoms with van der Waals surface area (Å²) in [5.41, 5.74) is 6.60. The predicted octanol–water partition coefficient (Wildman–Crippen LogP) is 4.40. The summed E-state index contributed by atoms with van der Waals surface area (Å²) in [4.78, 5) is 26.3. The third-order valence-corrected chi connectivity index (χ3v) is 5.03. The molecule has 3 N–H and O–H groups in total. The van der Waals surface area contributed by atoms with Crippen LogP contribution in [0.15, 0.2) is 42.5 Å². The Morgan fingerprint density at radius 2 is 1.70 bits per heavy atom. The molecule has 0 saturated heterocycles. The van der Waals surface area contributed by atoms with Crippen molar-refractivity contribution in [2.75, 3.05) is 30.7 Å². The highest BCUT2D eigenvalue weighted by atomic mass is 19.4. The molecule has 33 heavy (non-hydrogen) atoms. The van der Waals surface area contributed by atoms with E-state index in [2.05, 4.69) is 20.3 Å². The van der Waals surface area contributed by atoms with Gasteiger partial charge in [0.15, 0.2) is 0 Å². The van der Waals surface area contributed by atoms with E-state index in [0.29, 0.717) is 29.9 Å². The lowest BCUT2D eigenvalue weighted by Crippen LogP contribution is -2.35. The van der Waals surface area contributed by atoms with Crippen LogP contribution in [-0.4, -0.2) is 45.4 Å². The quantitative estimate of drug-likeness (QED) is 0.545. The van der Waals surface area contributed by atoms with Crippen molar-refractivity contribution in [3.8, 4) is 22.4 Å². The molecule has 0 saturated carbocycles. The van der Waals surface area contributed by atoms with Gasteiger partial charge in [0, 0.05) is 24.3 Å². The van der Waals surface area contributed by atoms with Gasteiger partial charge in [-0.1, -0.05) is 30.3 Å². The molecule has 3 rings (SSSR count). The van der Waals surface area contributed by atoms with Gasteiger partial charge in [0.25, 0.3) is 0 Å². The summed E-state index contributed by atoms with van der Waals surface area (Å²) in [5.74, 6) is -0.0796. The second-order valence-corrected chi connectivity index (χ2v) is 7.32. The number of nitrogens with two attached hydrogens (primary N) is 1. The lowest BCUT2D eigenvalue weighted by Gasteiger charge is -2.21. The van der Waals surface area contributed by atoms with Crippen molar-refractivity contribution < 1.29 is 18.0 Å². The van der Waals surface area contributed by atoms with Crippen molar-refractivity contribution in [2.45, 2.75) is 26.9 Å². The lowest BCUT2D eigenvalue weighted by molar-refractivity contribution is -0.141. The number of carbonyl (C=O) groups is 1. The first kappa shape index (κ1) is 24.0. The molecule has 1 aromatic carbocycles. The minimum absolute atomic E-state index is 0.0720. The normalized spacial score (nSPS) is 11.3. The van der Waals surface area contributed by atoms with Gasteiger partial charge >= 0.3 is 6.18 Å². The number of alkyl halides is 3. The van der Waals surface area contributed by atoms with Crippen molar-refractivity contribution >= 4 is 17.7 Å². The second-order valence-electron chi connectivity index (χ2n) is 7.32. The Hall–Kier alpha value is -3.69. The van der Waals surface area contributed by atoms with E-state index in [1.165, 1.54) is 13.0 Å². The van der Waals surface area contributed by atoms with Gasteiger partial charge in [0.05, 0.1) is 17.8 Å². The van der Waals surface area contributed by atoms with Crippen LogP contribution >= 0.6 is 0 Å². The minimum atomic E-state index is -4.63. The van der Waals surface area contributed by atoms with Gasteiger partial charge in [-0.3, -0.25) is 4.79 Å². The number of benzene rings is 1. The molecule has 174 valence electrons. The molecule has 0 radical (unpaired) electrons. The number of pyridine rings is 1. The highest BCUT2D eigenvalue weighted by Crippen LogP contribution is 2.39. The number of nitrogen functional groups attached to an aromatic ring is 1. The zero-order valence-electron chi connectivity index (χ0n) is 18.6. The molecule has 0 unspecified atom stereocenters. The average molecular weight is 458 g/mol. The van der Waals surface area contributed by atoms with Crippen molar-refractivity contribution in [3.63, 3.8) is 0 Å². The summed E-state index contributed by atoms with van der Waals surface area (Å²) in [6.07, 6.45) is -4.63. The number of aryl methyl sites for hydroxylation is 1. The molecule has 3 aromatic rings. The SMILES string of the molecule is CCN(CC)C(=O)CNc1nc(N)nc(-c2ccccc2)c1-c1cc(C)nc(C(F)(F)F)c1. The highest BCUT2D eigenvalue weighted by Gasteiger charge is 2.33. The van der Waals surface area contributed by atoms with Crippen LogP contribution in [-0.2, 0) is 11.0 Å². The summed E-state index contributed by atoms with van der Waals surface area (Å²) in [6, 6.07) is 11.4. The summed E-state index contributed by atoms with van der Waals surface area (Å²) in [7, 11) is 0. The summed E-state index contributed by atoms with van der Waals surface area (Å²) in [5, 5.41) is 2.97. The van der Waals surface area contributed by atoms with Gasteiger partial charge in [-0.15, -0.1) is 0 Å². The average Bonchev–Trinajstić information content (AvgIpc) is 2.77. The maximum Gasteiger partial charge on any atom is 0.433 e. The second kappa shape index (κ2) is 9.85. The lowest BCUT2D eigenvalue weighted by atomic mass is 9.98. The van der Waals surface area contributed by atoms with Crippen LogP contribution in [0.3, 0.4) is 0 Å². The number of hydrogen-bond donors (Lipinski definition) is 2. The molecule has 0 fully saturated rings. The number of nitrogens with zero attached hydrogens (tertiary/aromatic N) is 4. The molecule has 2 aromatic heterocycles. The van der Waals surface area contributed by atoms with E-state index in [4.69, 9.17) is 5.73 Å². The van der Waals surface area contributed by atoms with Crippen molar-refractivity contribution in [3.05, 3.63) is 53.9 Å². The Morgan fingerprint density at radius 1 is 1.03 bits per heavy atom. The molecule has 0 atom stereocenters. The van der Waals surface area contributed by atoms with Gasteiger partial charge in [0.2, 0.25) is 11.9 Å². The standard InChI is InChI=1S/C23H25F3N6O/c1-4-32(5-2)18(33)13-28-21-19(16-11-14(3)29-17(12-16)23(24,25)26)20(30-22(27)31-21)15-9-7-6-8-10-15/h6-12H,4-5,13H2,1-3H3,(H3,27,28,30,31). The van der Waals surface area contributed by atoms with Gasteiger partial charge in [-0.05, 0) is 38.5 Å². The first-order chi connectivity index (χ1) is 15.6. The maximum atomic E-state index is 13.5. The Balaban J connectivity index is 2.20. The van der Waals surface area contributed by atoms with Gasteiger partial charge in [-0.25, -0.2) is 9.97 Å². The van der Waals surface area contributed by atoms with Crippen LogP contribution in [0, 0.1) is 6.92 Å². The van der Waals surface area contributed by atoms with E-state index in [-0.39, 0.29) is 35.5 Å². The van der Waals surface area contributed by atoms with E-state index >= 15 is 0 Å². The molecule has 1 amide bonds. The molecular weight excluding hydrogens is 433 g/mol. The monoisotopic (exact) mass is 458 g/mol. The number of amides is 1. The van der Waals surface area contributed by atoms with E-state index < -0.39 is 11.9 Å². The Bertz CT molecular complexity index is 1130. The summed E-state index contributed by atoms with van der Waals surface area (Å²) < 4.78 is 40.5. The Kier molecular flexibility index (Phi) is 7.15. The van der Waals surface area contributed by atoms with E-state index in [1.54, 1.807) is 29.2 Å². The highest BCUT2D eigenvalue weighted by molar-refractivity contribution is 5.90. The molecule has 0 aliphatic rings. The van der Waals surface area contributed by atoms with E-state index in [9.17, 15) is 18.0 Å². The van der Waals surface area contributed by atoms with Crippen LogP contribution in [0.25, 0.3) is 22.4 Å². The number of anilines is 2. The third kappa shape index (κ3) is 5.57. The van der Waals surface area contributed by atoms with E-state index in [1.807, 2.05) is 19.9 Å². The summed E-state index contributed by atoms with van der Waals surface area (Å²) in [6.45, 7) is 6.17.